The highest BCUT2D eigenvalue weighted by Crippen LogP contribution is 2.16. The summed E-state index contributed by atoms with van der Waals surface area (Å²) in [5, 5.41) is 10.6. The minimum absolute atomic E-state index is 0.0309. The first-order valence-electron chi connectivity index (χ1n) is 28.6. The second-order valence-corrected chi connectivity index (χ2v) is 19.4. The van der Waals surface area contributed by atoms with Gasteiger partial charge in [0.05, 0.1) is 39.3 Å². The maximum atomic E-state index is 12.8. The molecule has 0 aromatic carbocycles. The van der Waals surface area contributed by atoms with Gasteiger partial charge in [-0.3, -0.25) is 28.8 Å². The molecule has 434 valence electrons. The number of rotatable bonds is 50. The number of hydrogen-bond donors (Lipinski definition) is 1. The Morgan fingerprint density at radius 3 is 0.797 bits per heavy atom. The van der Waals surface area contributed by atoms with Gasteiger partial charge < -0.3 is 43.6 Å². The van der Waals surface area contributed by atoms with Gasteiger partial charge in [0.15, 0.2) is 0 Å². The highest BCUT2D eigenvalue weighted by atomic mass is 19.4. The second kappa shape index (κ2) is 52.5. The van der Waals surface area contributed by atoms with Crippen LogP contribution in [0.1, 0.15) is 246 Å². The molecule has 18 heteroatoms. The normalized spacial score (nSPS) is 11.2. The summed E-state index contributed by atoms with van der Waals surface area (Å²) < 4.78 is 64.5. The molecule has 0 radical (unpaired) electrons. The number of carboxylic acid groups (broad SMARTS) is 1. The van der Waals surface area contributed by atoms with Crippen molar-refractivity contribution in [2.45, 2.75) is 252 Å². The van der Waals surface area contributed by atoms with E-state index in [1.54, 1.807) is 0 Å². The molecular weight excluding hydrogens is 968 g/mol. The van der Waals surface area contributed by atoms with Crippen LogP contribution in [0.3, 0.4) is 0 Å². The Morgan fingerprint density at radius 2 is 0.581 bits per heavy atom. The number of carboxylic acids is 1. The second-order valence-electron chi connectivity index (χ2n) is 19.4. The minimum Gasteiger partial charge on any atom is -0.542 e. The van der Waals surface area contributed by atoms with E-state index >= 15 is 0 Å². The Kier molecular flexibility index (Phi) is 51.1. The monoisotopic (exact) mass is 1070 g/mol. The van der Waals surface area contributed by atoms with Crippen LogP contribution >= 0.6 is 0 Å². The van der Waals surface area contributed by atoms with E-state index in [4.69, 9.17) is 38.3 Å². The van der Waals surface area contributed by atoms with Crippen LogP contribution in [-0.2, 0) is 62.0 Å². The van der Waals surface area contributed by atoms with Gasteiger partial charge in [0.25, 0.3) is 0 Å². The van der Waals surface area contributed by atoms with E-state index < -0.39 is 35.9 Å². The summed E-state index contributed by atoms with van der Waals surface area (Å²) in [7, 11) is 0. The van der Waals surface area contributed by atoms with Crippen molar-refractivity contribution in [3.8, 4) is 0 Å². The Bertz CT molecular complexity index is 1260. The summed E-state index contributed by atoms with van der Waals surface area (Å²) in [4.78, 5) is 84.4. The lowest BCUT2D eigenvalue weighted by molar-refractivity contribution is -0.656. The third kappa shape index (κ3) is 52.9. The fourth-order valence-electron chi connectivity index (χ4n) is 7.62. The summed E-state index contributed by atoms with van der Waals surface area (Å²) in [5.74, 6) is -6.26. The predicted molar refractivity (Wildman–Crippen MR) is 275 cm³/mol. The van der Waals surface area contributed by atoms with E-state index in [1.807, 2.05) is 5.32 Å². The van der Waals surface area contributed by atoms with Crippen LogP contribution in [0, 0.1) is 11.8 Å². The molecule has 0 rings (SSSR count). The zero-order chi connectivity index (χ0) is 55.3. The number of halogens is 3. The van der Waals surface area contributed by atoms with Gasteiger partial charge in [-0.05, 0) is 25.7 Å². The molecule has 0 aliphatic rings. The van der Waals surface area contributed by atoms with Crippen molar-refractivity contribution < 1.29 is 85.6 Å². The lowest BCUT2D eigenvalue weighted by Gasteiger charge is -2.17. The van der Waals surface area contributed by atoms with Crippen LogP contribution in [0.25, 0.3) is 0 Å². The molecule has 0 bridgehead atoms. The number of hydrogen-bond acceptors (Lipinski definition) is 14. The molecule has 0 saturated carbocycles. The predicted octanol–water partition coefficient (Wildman–Crippen LogP) is 10.7. The first-order valence-corrected chi connectivity index (χ1v) is 28.6. The van der Waals surface area contributed by atoms with E-state index in [-0.39, 0.29) is 76.4 Å². The molecule has 0 aliphatic carbocycles. The number of carbonyl (C=O) groups is 7. The fraction of sp³-hybridized carbons (Fsp3) is 0.875. The molecule has 0 atom stereocenters. The molecule has 0 heterocycles. The molecule has 0 spiro atoms. The largest absolute Gasteiger partial charge is 0.542 e. The van der Waals surface area contributed by atoms with E-state index in [0.29, 0.717) is 38.8 Å². The quantitative estimate of drug-likeness (QED) is 0.0341. The van der Waals surface area contributed by atoms with Crippen LogP contribution < -0.4 is 10.4 Å². The van der Waals surface area contributed by atoms with Gasteiger partial charge in [-0.15, -0.1) is 0 Å². The van der Waals surface area contributed by atoms with Crippen molar-refractivity contribution in [1.82, 2.24) is 0 Å². The van der Waals surface area contributed by atoms with Crippen LogP contribution in [0.2, 0.25) is 0 Å². The third-order valence-corrected chi connectivity index (χ3v) is 12.2. The lowest BCUT2D eigenvalue weighted by atomic mass is 10.1. The van der Waals surface area contributed by atoms with E-state index in [0.717, 1.165) is 77.0 Å². The zero-order valence-electron chi connectivity index (χ0n) is 46.3. The molecule has 0 aromatic rings. The number of esters is 6. The maximum Gasteiger partial charge on any atom is 0.430 e. The number of ether oxygens (including phenoxy) is 6. The fourth-order valence-corrected chi connectivity index (χ4v) is 7.62. The zero-order valence-corrected chi connectivity index (χ0v) is 46.3. The van der Waals surface area contributed by atoms with E-state index in [1.165, 1.54) is 103 Å². The average Bonchev–Trinajstić information content (AvgIpc) is 3.36. The standard InChI is InChI=1S/C54H99NO12.C2HF3O2/c1-5-9-13-17-21-25-29-33-49(56)64-43-47(44-65-50(57)34-30-26-22-18-14-10-6-2)41-53(60)62-39-37-55-38-40-63-54(61)42-48(45-66-51(58)35-31-27-23-19-15-11-7-3)46-67-52(59)36-32-28-24-20-16-12-8-4;3-2(4,5)1(6)7/h47-48,55H,5-46H2,1-4H3;(H,6,7). The number of unbranched alkanes of at least 4 members (excludes halogenated alkanes) is 24. The SMILES string of the molecule is CCCCCCCCCC(=O)OCC(COC(=O)CCCCCCCCC)CC(=O)OCC[NH2+]CCOC(=O)CC(COC(=O)CCCCCCCCC)COC(=O)CCCCCCCCC.O=C([O-])C(F)(F)F. The van der Waals surface area contributed by atoms with Gasteiger partial charge in [0.1, 0.15) is 32.3 Å². The van der Waals surface area contributed by atoms with Gasteiger partial charge in [0, 0.05) is 37.5 Å². The molecule has 15 nitrogen and oxygen atoms in total. The number of carbonyl (C=O) groups excluding carboxylic acids is 7. The van der Waals surface area contributed by atoms with Gasteiger partial charge >= 0.3 is 42.0 Å². The maximum absolute atomic E-state index is 12.8. The summed E-state index contributed by atoms with van der Waals surface area (Å²) >= 11 is 0. The van der Waals surface area contributed by atoms with Gasteiger partial charge in [-0.2, -0.15) is 13.2 Å². The highest BCUT2D eigenvalue weighted by Gasteiger charge is 2.29. The highest BCUT2D eigenvalue weighted by molar-refractivity contribution is 5.72. The molecule has 0 saturated heterocycles. The minimum atomic E-state index is -5.19. The molecule has 0 unspecified atom stereocenters. The number of aliphatic carboxylic acids is 1. The lowest BCUT2D eigenvalue weighted by Crippen LogP contribution is -2.86. The number of alkyl halides is 3. The first-order chi connectivity index (χ1) is 35.6. The van der Waals surface area contributed by atoms with Gasteiger partial charge in [0.2, 0.25) is 0 Å². The average molecular weight is 1070 g/mol. The van der Waals surface area contributed by atoms with Crippen molar-refractivity contribution in [3.05, 3.63) is 0 Å². The molecule has 0 aliphatic heterocycles. The van der Waals surface area contributed by atoms with Gasteiger partial charge in [-0.1, -0.05) is 182 Å². The topological polar surface area (TPSA) is 215 Å². The van der Waals surface area contributed by atoms with E-state index in [2.05, 4.69) is 27.7 Å². The number of quaternary nitrogens is 1. The van der Waals surface area contributed by atoms with Crippen LogP contribution in [0.15, 0.2) is 0 Å². The summed E-state index contributed by atoms with van der Waals surface area (Å²) in [6.45, 7) is 9.72. The summed E-state index contributed by atoms with van der Waals surface area (Å²) in [5.41, 5.74) is 0. The molecule has 0 fully saturated rings. The molecule has 0 amide bonds. The van der Waals surface area contributed by atoms with Crippen molar-refractivity contribution in [1.29, 1.82) is 0 Å². The molecule has 2 N–H and O–H groups in total. The summed E-state index contributed by atoms with van der Waals surface area (Å²) in [6.07, 6.45) is 26.5. The Balaban J connectivity index is 0. The van der Waals surface area contributed by atoms with Crippen LogP contribution in [0.5, 0.6) is 0 Å². The van der Waals surface area contributed by atoms with Crippen molar-refractivity contribution in [2.24, 2.45) is 11.8 Å². The Labute approximate surface area is 442 Å². The first kappa shape index (κ1) is 72.1. The molecular formula is C56H100F3NO14. The third-order valence-electron chi connectivity index (χ3n) is 12.2. The molecule has 74 heavy (non-hydrogen) atoms. The smallest absolute Gasteiger partial charge is 0.430 e. The van der Waals surface area contributed by atoms with E-state index in [9.17, 15) is 41.9 Å². The van der Waals surface area contributed by atoms with Crippen molar-refractivity contribution in [2.75, 3.05) is 52.7 Å². The van der Waals surface area contributed by atoms with Crippen LogP contribution in [-0.4, -0.2) is 101 Å². The Morgan fingerprint density at radius 1 is 0.365 bits per heavy atom. The van der Waals surface area contributed by atoms with Crippen molar-refractivity contribution >= 4 is 41.8 Å². The number of nitrogens with two attached hydrogens (primary N) is 1. The van der Waals surface area contributed by atoms with Crippen LogP contribution in [0.4, 0.5) is 13.2 Å². The summed E-state index contributed by atoms with van der Waals surface area (Å²) in [6, 6.07) is 0. The molecule has 0 aromatic heterocycles. The van der Waals surface area contributed by atoms with Crippen molar-refractivity contribution in [3.63, 3.8) is 0 Å². The Hall–Kier alpha value is -3.96. The van der Waals surface area contributed by atoms with Gasteiger partial charge in [-0.25, -0.2) is 0 Å².